The van der Waals surface area contributed by atoms with Gasteiger partial charge in [0.05, 0.1) is 0 Å². The predicted octanol–water partition coefficient (Wildman–Crippen LogP) is 1.11. The summed E-state index contributed by atoms with van der Waals surface area (Å²) >= 11 is 0. The Balaban J connectivity index is 1.77. The lowest BCUT2D eigenvalue weighted by Crippen LogP contribution is -2.68. The summed E-state index contributed by atoms with van der Waals surface area (Å²) in [5.41, 5.74) is 0. The van der Waals surface area contributed by atoms with Crippen molar-refractivity contribution in [2.24, 2.45) is 5.92 Å². The third-order valence-corrected chi connectivity index (χ3v) is 6.83. The van der Waals surface area contributed by atoms with Crippen LogP contribution in [0.25, 0.3) is 0 Å². The van der Waals surface area contributed by atoms with E-state index in [1.807, 2.05) is 0 Å². The summed E-state index contributed by atoms with van der Waals surface area (Å²) in [6, 6.07) is 0.475. The number of hydrogen-bond donors (Lipinski definition) is 1. The van der Waals surface area contributed by atoms with Gasteiger partial charge < -0.3 is 5.32 Å². The summed E-state index contributed by atoms with van der Waals surface area (Å²) in [5, 5.41) is 3.37. The first-order valence-electron chi connectivity index (χ1n) is 7.07. The van der Waals surface area contributed by atoms with Gasteiger partial charge in [0.15, 0.2) is 4.75 Å². The van der Waals surface area contributed by atoms with E-state index in [4.69, 9.17) is 0 Å². The van der Waals surface area contributed by atoms with Crippen molar-refractivity contribution in [3.63, 3.8) is 0 Å². The van der Waals surface area contributed by atoms with Crippen LogP contribution in [0.1, 0.15) is 46.5 Å². The molecule has 0 atom stereocenters. The standard InChI is InChI=1S/C13H24N2O3S/c1-10-4-6-11(7-5-10)14-8-9-15-12(16)13(2,3)19(15,17)18/h10-11,14H,4-9H2,1-3H3. The van der Waals surface area contributed by atoms with Crippen molar-refractivity contribution in [1.82, 2.24) is 9.62 Å². The SMILES string of the molecule is CC1CCC(NCCN2C(=O)C(C)(C)S2(=O)=O)CC1. The molecule has 1 aliphatic carbocycles. The molecule has 0 spiro atoms. The Kier molecular flexibility index (Phi) is 3.93. The first-order valence-corrected chi connectivity index (χ1v) is 8.51. The van der Waals surface area contributed by atoms with Crippen LogP contribution in [-0.4, -0.2) is 42.5 Å². The van der Waals surface area contributed by atoms with Crippen LogP contribution in [0.4, 0.5) is 0 Å². The highest BCUT2D eigenvalue weighted by molar-refractivity contribution is 7.94. The smallest absolute Gasteiger partial charge is 0.258 e. The second-order valence-corrected chi connectivity index (χ2v) is 8.72. The second-order valence-electron chi connectivity index (χ2n) is 6.30. The quantitative estimate of drug-likeness (QED) is 0.841. The van der Waals surface area contributed by atoms with E-state index in [0.717, 1.165) is 23.1 Å². The third kappa shape index (κ3) is 2.52. The normalized spacial score (nSPS) is 33.0. The fourth-order valence-electron chi connectivity index (χ4n) is 2.81. The van der Waals surface area contributed by atoms with Crippen LogP contribution in [0.3, 0.4) is 0 Å². The Morgan fingerprint density at radius 2 is 1.84 bits per heavy atom. The maximum absolute atomic E-state index is 11.9. The molecule has 1 saturated carbocycles. The Hall–Kier alpha value is -0.620. The lowest BCUT2D eigenvalue weighted by molar-refractivity contribution is -0.132. The molecule has 0 unspecified atom stereocenters. The van der Waals surface area contributed by atoms with E-state index in [1.54, 1.807) is 0 Å². The van der Waals surface area contributed by atoms with Gasteiger partial charge in [-0.15, -0.1) is 0 Å². The molecule has 1 N–H and O–H groups in total. The number of sulfonamides is 1. The molecule has 2 fully saturated rings. The van der Waals surface area contributed by atoms with Crippen molar-refractivity contribution in [2.45, 2.75) is 57.2 Å². The van der Waals surface area contributed by atoms with Crippen LogP contribution in [0.2, 0.25) is 0 Å². The van der Waals surface area contributed by atoms with Gasteiger partial charge in [-0.25, -0.2) is 12.7 Å². The zero-order chi connectivity index (χ0) is 14.3. The number of carbonyl (C=O) groups excluding carboxylic acids is 1. The highest BCUT2D eigenvalue weighted by Gasteiger charge is 2.59. The van der Waals surface area contributed by atoms with E-state index in [1.165, 1.54) is 26.7 Å². The lowest BCUT2D eigenvalue weighted by Gasteiger charge is -2.43. The molecule has 5 nitrogen and oxygen atoms in total. The van der Waals surface area contributed by atoms with Crippen LogP contribution >= 0.6 is 0 Å². The van der Waals surface area contributed by atoms with E-state index >= 15 is 0 Å². The Labute approximate surface area is 115 Å². The number of nitrogens with one attached hydrogen (secondary N) is 1. The minimum atomic E-state index is -3.42. The van der Waals surface area contributed by atoms with Crippen molar-refractivity contribution in [1.29, 1.82) is 0 Å². The molecule has 6 heteroatoms. The summed E-state index contributed by atoms with van der Waals surface area (Å²) in [4.78, 5) is 11.7. The van der Waals surface area contributed by atoms with Crippen molar-refractivity contribution in [2.75, 3.05) is 13.1 Å². The average molecular weight is 288 g/mol. The molecule has 110 valence electrons. The number of nitrogens with zero attached hydrogens (tertiary/aromatic N) is 1. The number of carbonyl (C=O) groups is 1. The van der Waals surface area contributed by atoms with Crippen LogP contribution < -0.4 is 5.32 Å². The third-order valence-electron chi connectivity index (χ3n) is 4.44. The van der Waals surface area contributed by atoms with Gasteiger partial charge >= 0.3 is 0 Å². The number of hydrogen-bond acceptors (Lipinski definition) is 4. The van der Waals surface area contributed by atoms with Crippen LogP contribution in [-0.2, 0) is 14.8 Å². The molecule has 2 rings (SSSR count). The predicted molar refractivity (Wildman–Crippen MR) is 74.1 cm³/mol. The molecular weight excluding hydrogens is 264 g/mol. The van der Waals surface area contributed by atoms with Crippen molar-refractivity contribution in [3.05, 3.63) is 0 Å². The monoisotopic (exact) mass is 288 g/mol. The van der Waals surface area contributed by atoms with Gasteiger partial charge in [0.1, 0.15) is 0 Å². The maximum Gasteiger partial charge on any atom is 0.258 e. The molecular formula is C13H24N2O3S. The molecule has 1 aliphatic heterocycles. The van der Waals surface area contributed by atoms with Crippen LogP contribution in [0.5, 0.6) is 0 Å². The fourth-order valence-corrected chi connectivity index (χ4v) is 4.34. The van der Waals surface area contributed by atoms with Gasteiger partial charge in [-0.05, 0) is 45.4 Å². The van der Waals surface area contributed by atoms with E-state index in [-0.39, 0.29) is 12.5 Å². The first-order chi connectivity index (χ1) is 8.76. The minimum absolute atomic E-state index is 0.261. The highest BCUT2D eigenvalue weighted by Crippen LogP contribution is 2.34. The average Bonchev–Trinajstić information content (AvgIpc) is 2.35. The van der Waals surface area contributed by atoms with E-state index in [9.17, 15) is 13.2 Å². The summed E-state index contributed by atoms with van der Waals surface area (Å²) in [6.45, 7) is 6.02. The number of amides is 1. The van der Waals surface area contributed by atoms with Crippen molar-refractivity contribution >= 4 is 15.9 Å². The molecule has 2 aliphatic rings. The largest absolute Gasteiger partial charge is 0.312 e. The highest BCUT2D eigenvalue weighted by atomic mass is 32.2. The lowest BCUT2D eigenvalue weighted by atomic mass is 9.87. The van der Waals surface area contributed by atoms with Gasteiger partial charge in [-0.1, -0.05) is 6.92 Å². The Bertz CT molecular complexity index is 451. The van der Waals surface area contributed by atoms with Crippen molar-refractivity contribution < 1.29 is 13.2 Å². The van der Waals surface area contributed by atoms with Gasteiger partial charge in [0.25, 0.3) is 15.9 Å². The van der Waals surface area contributed by atoms with Crippen LogP contribution in [0, 0.1) is 5.92 Å². The van der Waals surface area contributed by atoms with E-state index in [0.29, 0.717) is 12.6 Å². The first kappa shape index (κ1) is 14.8. The van der Waals surface area contributed by atoms with E-state index in [2.05, 4.69) is 12.2 Å². The Morgan fingerprint density at radius 3 is 2.37 bits per heavy atom. The minimum Gasteiger partial charge on any atom is -0.312 e. The molecule has 1 heterocycles. The van der Waals surface area contributed by atoms with E-state index < -0.39 is 14.8 Å². The summed E-state index contributed by atoms with van der Waals surface area (Å²) in [6.07, 6.45) is 4.75. The second kappa shape index (κ2) is 5.05. The fraction of sp³-hybridized carbons (Fsp3) is 0.923. The molecule has 1 amide bonds. The Morgan fingerprint density at radius 1 is 1.26 bits per heavy atom. The molecule has 0 bridgehead atoms. The number of rotatable bonds is 4. The van der Waals surface area contributed by atoms with Gasteiger partial charge in [0, 0.05) is 19.1 Å². The summed E-state index contributed by atoms with van der Waals surface area (Å²) in [5.74, 6) is 0.516. The molecule has 0 aromatic heterocycles. The van der Waals surface area contributed by atoms with Gasteiger partial charge in [-0.3, -0.25) is 4.79 Å². The molecule has 0 radical (unpaired) electrons. The van der Waals surface area contributed by atoms with Gasteiger partial charge in [0.2, 0.25) is 0 Å². The molecule has 0 aromatic rings. The zero-order valence-electron chi connectivity index (χ0n) is 12.0. The van der Waals surface area contributed by atoms with Gasteiger partial charge in [-0.2, -0.15) is 0 Å². The maximum atomic E-state index is 11.9. The van der Waals surface area contributed by atoms with Crippen LogP contribution in [0.15, 0.2) is 0 Å². The molecule has 0 aromatic carbocycles. The molecule has 1 saturated heterocycles. The topological polar surface area (TPSA) is 66.5 Å². The zero-order valence-corrected chi connectivity index (χ0v) is 12.8. The summed E-state index contributed by atoms with van der Waals surface area (Å²) in [7, 11) is -3.42. The summed E-state index contributed by atoms with van der Waals surface area (Å²) < 4.78 is 23.5. The molecule has 19 heavy (non-hydrogen) atoms. The van der Waals surface area contributed by atoms with Crippen molar-refractivity contribution in [3.8, 4) is 0 Å².